The number of piperidine rings is 1. The van der Waals surface area contributed by atoms with E-state index in [0.717, 1.165) is 30.9 Å². The molecule has 3 N–H and O–H groups in total. The standard InChI is InChI=1S/C12H21N3O/c1-8(2)11-10(14-12(16)15-11)6-9-4-3-5-13-7-9/h8-9,13H,3-7H2,1-2H3,(H2,14,15,16). The molecule has 0 aromatic carbocycles. The predicted molar refractivity (Wildman–Crippen MR) is 64.8 cm³/mol. The van der Waals surface area contributed by atoms with E-state index in [9.17, 15) is 4.79 Å². The van der Waals surface area contributed by atoms with Gasteiger partial charge in [-0.05, 0) is 44.2 Å². The maximum Gasteiger partial charge on any atom is 0.323 e. The van der Waals surface area contributed by atoms with Crippen LogP contribution in [0.25, 0.3) is 0 Å². The lowest BCUT2D eigenvalue weighted by Gasteiger charge is -2.22. The topological polar surface area (TPSA) is 60.7 Å². The molecule has 0 aliphatic carbocycles. The van der Waals surface area contributed by atoms with Crippen molar-refractivity contribution < 1.29 is 0 Å². The number of imidazole rings is 1. The molecule has 4 nitrogen and oxygen atoms in total. The van der Waals surface area contributed by atoms with Gasteiger partial charge in [-0.25, -0.2) is 4.79 Å². The van der Waals surface area contributed by atoms with Crippen LogP contribution in [-0.2, 0) is 6.42 Å². The van der Waals surface area contributed by atoms with Gasteiger partial charge in [-0.1, -0.05) is 13.8 Å². The molecule has 1 atom stereocenters. The van der Waals surface area contributed by atoms with Gasteiger partial charge < -0.3 is 15.3 Å². The molecule has 0 amide bonds. The normalized spacial score (nSPS) is 21.6. The fourth-order valence-electron chi connectivity index (χ4n) is 2.47. The van der Waals surface area contributed by atoms with Crippen LogP contribution in [0, 0.1) is 5.92 Å². The van der Waals surface area contributed by atoms with Gasteiger partial charge in [0.1, 0.15) is 0 Å². The molecule has 0 saturated carbocycles. The first-order chi connectivity index (χ1) is 7.66. The van der Waals surface area contributed by atoms with Gasteiger partial charge in [0.25, 0.3) is 0 Å². The van der Waals surface area contributed by atoms with E-state index in [4.69, 9.17) is 0 Å². The van der Waals surface area contributed by atoms with Gasteiger partial charge in [0, 0.05) is 11.4 Å². The SMILES string of the molecule is CC(C)c1[nH]c(=O)[nH]c1CC1CCCNC1. The zero-order valence-corrected chi connectivity index (χ0v) is 10.1. The Kier molecular flexibility index (Phi) is 3.49. The van der Waals surface area contributed by atoms with Crippen LogP contribution >= 0.6 is 0 Å². The molecule has 16 heavy (non-hydrogen) atoms. The Morgan fingerprint density at radius 2 is 2.19 bits per heavy atom. The predicted octanol–water partition coefficient (Wildman–Crippen LogP) is 1.37. The van der Waals surface area contributed by atoms with Crippen LogP contribution < -0.4 is 11.0 Å². The van der Waals surface area contributed by atoms with Gasteiger partial charge in [-0.15, -0.1) is 0 Å². The van der Waals surface area contributed by atoms with Crippen LogP contribution in [0.5, 0.6) is 0 Å². The Morgan fingerprint density at radius 3 is 2.81 bits per heavy atom. The minimum absolute atomic E-state index is 0.0672. The van der Waals surface area contributed by atoms with Gasteiger partial charge in [-0.3, -0.25) is 0 Å². The molecule has 1 unspecified atom stereocenters. The number of H-pyrrole nitrogens is 2. The molecular formula is C12H21N3O. The number of aromatic amines is 2. The van der Waals surface area contributed by atoms with Crippen molar-refractivity contribution in [3.8, 4) is 0 Å². The minimum atomic E-state index is -0.0672. The van der Waals surface area contributed by atoms with Crippen LogP contribution in [0.2, 0.25) is 0 Å². The third kappa shape index (κ3) is 2.55. The van der Waals surface area contributed by atoms with Crippen molar-refractivity contribution in [1.82, 2.24) is 15.3 Å². The smallest absolute Gasteiger partial charge is 0.316 e. The van der Waals surface area contributed by atoms with E-state index >= 15 is 0 Å². The Labute approximate surface area is 95.9 Å². The van der Waals surface area contributed by atoms with Crippen molar-refractivity contribution in [2.24, 2.45) is 5.92 Å². The molecular weight excluding hydrogens is 202 g/mol. The van der Waals surface area contributed by atoms with E-state index in [1.165, 1.54) is 12.8 Å². The molecule has 1 saturated heterocycles. The van der Waals surface area contributed by atoms with E-state index in [1.807, 2.05) is 0 Å². The molecule has 0 bridgehead atoms. The highest BCUT2D eigenvalue weighted by Crippen LogP contribution is 2.20. The molecule has 1 aromatic rings. The fourth-order valence-corrected chi connectivity index (χ4v) is 2.47. The van der Waals surface area contributed by atoms with Gasteiger partial charge in [-0.2, -0.15) is 0 Å². The minimum Gasteiger partial charge on any atom is -0.316 e. The summed E-state index contributed by atoms with van der Waals surface area (Å²) >= 11 is 0. The molecule has 4 heteroatoms. The highest BCUT2D eigenvalue weighted by atomic mass is 16.1. The summed E-state index contributed by atoms with van der Waals surface area (Å²) in [4.78, 5) is 17.2. The summed E-state index contributed by atoms with van der Waals surface area (Å²) in [5.74, 6) is 1.04. The van der Waals surface area contributed by atoms with Crippen molar-refractivity contribution in [3.05, 3.63) is 21.9 Å². The monoisotopic (exact) mass is 223 g/mol. The lowest BCUT2D eigenvalue weighted by Crippen LogP contribution is -2.31. The number of hydrogen-bond acceptors (Lipinski definition) is 2. The second-order valence-corrected chi connectivity index (χ2v) is 5.04. The Balaban J connectivity index is 2.10. The quantitative estimate of drug-likeness (QED) is 0.724. The highest BCUT2D eigenvalue weighted by Gasteiger charge is 2.18. The third-order valence-corrected chi connectivity index (χ3v) is 3.31. The van der Waals surface area contributed by atoms with E-state index in [-0.39, 0.29) is 5.69 Å². The molecule has 2 rings (SSSR count). The van der Waals surface area contributed by atoms with Gasteiger partial charge in [0.05, 0.1) is 0 Å². The van der Waals surface area contributed by atoms with Crippen molar-refractivity contribution >= 4 is 0 Å². The number of aromatic nitrogens is 2. The van der Waals surface area contributed by atoms with Crippen molar-refractivity contribution in [3.63, 3.8) is 0 Å². The summed E-state index contributed by atoms with van der Waals surface area (Å²) in [6.45, 7) is 6.44. The second kappa shape index (κ2) is 4.87. The number of nitrogens with one attached hydrogen (secondary N) is 3. The van der Waals surface area contributed by atoms with Gasteiger partial charge in [0.2, 0.25) is 0 Å². The summed E-state index contributed by atoms with van der Waals surface area (Å²) < 4.78 is 0. The lowest BCUT2D eigenvalue weighted by atomic mass is 9.93. The van der Waals surface area contributed by atoms with Gasteiger partial charge in [0.15, 0.2) is 0 Å². The fraction of sp³-hybridized carbons (Fsp3) is 0.750. The summed E-state index contributed by atoms with van der Waals surface area (Å²) in [6, 6.07) is 0. The van der Waals surface area contributed by atoms with E-state index in [0.29, 0.717) is 11.8 Å². The molecule has 1 aliphatic heterocycles. The van der Waals surface area contributed by atoms with Crippen molar-refractivity contribution in [2.45, 2.75) is 39.0 Å². The zero-order chi connectivity index (χ0) is 11.5. The van der Waals surface area contributed by atoms with Crippen LogP contribution in [0.1, 0.15) is 44.0 Å². The molecule has 0 radical (unpaired) electrons. The molecule has 1 aromatic heterocycles. The molecule has 1 fully saturated rings. The summed E-state index contributed by atoms with van der Waals surface area (Å²) in [6.07, 6.45) is 3.49. The Morgan fingerprint density at radius 1 is 1.38 bits per heavy atom. The Bertz CT molecular complexity index is 385. The average Bonchev–Trinajstić information content (AvgIpc) is 2.61. The largest absolute Gasteiger partial charge is 0.323 e. The Hall–Kier alpha value is -1.03. The highest BCUT2D eigenvalue weighted by molar-refractivity contribution is 5.15. The molecule has 1 aliphatic rings. The summed E-state index contributed by atoms with van der Waals surface area (Å²) in [5.41, 5.74) is 2.12. The molecule has 90 valence electrons. The lowest BCUT2D eigenvalue weighted by molar-refractivity contribution is 0.373. The van der Waals surface area contributed by atoms with Crippen LogP contribution in [0.15, 0.2) is 4.79 Å². The van der Waals surface area contributed by atoms with Crippen molar-refractivity contribution in [2.75, 3.05) is 13.1 Å². The van der Waals surface area contributed by atoms with Crippen LogP contribution in [-0.4, -0.2) is 23.1 Å². The van der Waals surface area contributed by atoms with Gasteiger partial charge >= 0.3 is 5.69 Å². The van der Waals surface area contributed by atoms with E-state index in [1.54, 1.807) is 0 Å². The third-order valence-electron chi connectivity index (χ3n) is 3.31. The number of rotatable bonds is 3. The van der Waals surface area contributed by atoms with E-state index < -0.39 is 0 Å². The first-order valence-corrected chi connectivity index (χ1v) is 6.18. The molecule has 0 spiro atoms. The number of hydrogen-bond donors (Lipinski definition) is 3. The summed E-state index contributed by atoms with van der Waals surface area (Å²) in [5, 5.41) is 3.41. The average molecular weight is 223 g/mol. The summed E-state index contributed by atoms with van der Waals surface area (Å²) in [7, 11) is 0. The van der Waals surface area contributed by atoms with Crippen LogP contribution in [0.4, 0.5) is 0 Å². The van der Waals surface area contributed by atoms with Crippen LogP contribution in [0.3, 0.4) is 0 Å². The first kappa shape index (κ1) is 11.5. The maximum absolute atomic E-state index is 11.3. The van der Waals surface area contributed by atoms with E-state index in [2.05, 4.69) is 29.1 Å². The molecule has 2 heterocycles. The first-order valence-electron chi connectivity index (χ1n) is 6.18. The van der Waals surface area contributed by atoms with Crippen molar-refractivity contribution in [1.29, 1.82) is 0 Å². The second-order valence-electron chi connectivity index (χ2n) is 5.04. The zero-order valence-electron chi connectivity index (χ0n) is 10.1. The maximum atomic E-state index is 11.3.